The second-order valence-corrected chi connectivity index (χ2v) is 8.72. The number of fused-ring (bicyclic) bond motifs is 1. The zero-order chi connectivity index (χ0) is 23.5. The van der Waals surface area contributed by atoms with Crippen LogP contribution in [0.25, 0.3) is 27.9 Å². The van der Waals surface area contributed by atoms with Crippen molar-refractivity contribution in [1.82, 2.24) is 14.6 Å². The van der Waals surface area contributed by atoms with Crippen molar-refractivity contribution in [1.29, 1.82) is 0 Å². The maximum atomic E-state index is 12.5. The van der Waals surface area contributed by atoms with Crippen LogP contribution in [0.5, 0.6) is 5.75 Å². The van der Waals surface area contributed by atoms with Crippen molar-refractivity contribution in [2.45, 2.75) is 44.9 Å². The van der Waals surface area contributed by atoms with Crippen LogP contribution in [-0.2, 0) is 4.74 Å². The van der Waals surface area contributed by atoms with Gasteiger partial charge in [-0.2, -0.15) is 5.10 Å². The minimum Gasteiger partial charge on any atom is -0.497 e. The Morgan fingerprint density at radius 3 is 2.50 bits per heavy atom. The Bertz CT molecular complexity index is 1300. The highest BCUT2D eigenvalue weighted by Gasteiger charge is 2.26. The van der Waals surface area contributed by atoms with Gasteiger partial charge in [0.15, 0.2) is 5.65 Å². The molecule has 6 heteroatoms. The number of methoxy groups -OCH3 is 1. The van der Waals surface area contributed by atoms with Gasteiger partial charge < -0.3 is 9.47 Å². The van der Waals surface area contributed by atoms with Crippen molar-refractivity contribution in [2.75, 3.05) is 13.7 Å². The van der Waals surface area contributed by atoms with Crippen LogP contribution in [0.2, 0.25) is 0 Å². The third kappa shape index (κ3) is 4.16. The number of aromatic nitrogens is 3. The summed E-state index contributed by atoms with van der Waals surface area (Å²) in [4.78, 5) is 17.1. The summed E-state index contributed by atoms with van der Waals surface area (Å²) < 4.78 is 12.5. The van der Waals surface area contributed by atoms with Gasteiger partial charge in [-0.3, -0.25) is 0 Å². The molecule has 1 saturated carbocycles. The van der Waals surface area contributed by atoms with Gasteiger partial charge in [-0.15, -0.1) is 0 Å². The monoisotopic (exact) mass is 455 g/mol. The normalized spacial score (nSPS) is 14.3. The van der Waals surface area contributed by atoms with E-state index < -0.39 is 0 Å². The molecular formula is C28H29N3O3. The number of nitrogens with zero attached hydrogens (tertiary/aromatic N) is 3. The number of benzene rings is 2. The second-order valence-electron chi connectivity index (χ2n) is 8.72. The molecule has 0 unspecified atom stereocenters. The molecule has 0 amide bonds. The van der Waals surface area contributed by atoms with E-state index in [1.54, 1.807) is 20.2 Å². The molecule has 0 spiro atoms. The van der Waals surface area contributed by atoms with Crippen LogP contribution in [0.3, 0.4) is 0 Å². The Kier molecular flexibility index (Phi) is 6.30. The maximum absolute atomic E-state index is 12.5. The van der Waals surface area contributed by atoms with Crippen molar-refractivity contribution in [2.24, 2.45) is 0 Å². The van der Waals surface area contributed by atoms with Gasteiger partial charge in [0.1, 0.15) is 11.3 Å². The topological polar surface area (TPSA) is 65.7 Å². The fourth-order valence-electron chi connectivity index (χ4n) is 4.94. The molecule has 0 aliphatic heterocycles. The van der Waals surface area contributed by atoms with Crippen LogP contribution >= 0.6 is 0 Å². The first kappa shape index (κ1) is 22.1. The van der Waals surface area contributed by atoms with Crippen molar-refractivity contribution >= 4 is 11.6 Å². The molecule has 34 heavy (non-hydrogen) atoms. The standard InChI is InChI=1S/C28H29N3O3/c1-3-34-28(32)25-18-30-31-26(21-8-5-4-6-9-21)24(17-29-27(25)31)20-14-12-19(13-15-20)22-10-7-11-23(16-22)33-2/h7,10-18,21H,3-6,8-9H2,1-2H3. The zero-order valence-electron chi connectivity index (χ0n) is 19.7. The molecule has 2 aromatic heterocycles. The summed E-state index contributed by atoms with van der Waals surface area (Å²) >= 11 is 0. The first-order valence-corrected chi connectivity index (χ1v) is 12.0. The van der Waals surface area contributed by atoms with Crippen LogP contribution in [0.4, 0.5) is 0 Å². The van der Waals surface area contributed by atoms with Crippen molar-refractivity contribution in [3.8, 4) is 28.0 Å². The number of rotatable bonds is 6. The fourth-order valence-corrected chi connectivity index (χ4v) is 4.94. The largest absolute Gasteiger partial charge is 0.497 e. The fraction of sp³-hybridized carbons (Fsp3) is 0.321. The highest BCUT2D eigenvalue weighted by Crippen LogP contribution is 2.39. The summed E-state index contributed by atoms with van der Waals surface area (Å²) in [6.45, 7) is 2.13. The first-order valence-electron chi connectivity index (χ1n) is 12.0. The first-order chi connectivity index (χ1) is 16.7. The summed E-state index contributed by atoms with van der Waals surface area (Å²) in [5, 5.41) is 4.61. The van der Waals surface area contributed by atoms with E-state index in [9.17, 15) is 4.79 Å². The molecule has 5 rings (SSSR count). The van der Waals surface area contributed by atoms with Crippen molar-refractivity contribution in [3.05, 3.63) is 72.2 Å². The third-order valence-corrected chi connectivity index (χ3v) is 6.65. The average Bonchev–Trinajstić information content (AvgIpc) is 3.33. The molecule has 0 saturated heterocycles. The van der Waals surface area contributed by atoms with Gasteiger partial charge in [-0.25, -0.2) is 14.3 Å². The highest BCUT2D eigenvalue weighted by atomic mass is 16.5. The quantitative estimate of drug-likeness (QED) is 0.319. The molecular weight excluding hydrogens is 426 g/mol. The van der Waals surface area contributed by atoms with Crippen LogP contribution in [0.1, 0.15) is 61.0 Å². The van der Waals surface area contributed by atoms with E-state index in [-0.39, 0.29) is 5.97 Å². The van der Waals surface area contributed by atoms with E-state index in [2.05, 4.69) is 40.4 Å². The minimum atomic E-state index is -0.380. The molecule has 2 heterocycles. The maximum Gasteiger partial charge on any atom is 0.343 e. The summed E-state index contributed by atoms with van der Waals surface area (Å²) in [5.74, 6) is 0.837. The third-order valence-electron chi connectivity index (χ3n) is 6.65. The number of carbonyl (C=O) groups is 1. The Hall–Kier alpha value is -3.67. The molecule has 0 N–H and O–H groups in total. The number of carbonyl (C=O) groups excluding carboxylic acids is 1. The number of hydrogen-bond donors (Lipinski definition) is 0. The average molecular weight is 456 g/mol. The van der Waals surface area contributed by atoms with Gasteiger partial charge in [0, 0.05) is 17.7 Å². The molecule has 174 valence electrons. The van der Waals surface area contributed by atoms with Gasteiger partial charge in [0.2, 0.25) is 0 Å². The molecule has 1 fully saturated rings. The lowest BCUT2D eigenvalue weighted by molar-refractivity contribution is 0.0528. The summed E-state index contributed by atoms with van der Waals surface area (Å²) in [6.07, 6.45) is 9.38. The Labute approximate surface area is 199 Å². The smallest absolute Gasteiger partial charge is 0.343 e. The molecule has 0 radical (unpaired) electrons. The van der Waals surface area contributed by atoms with E-state index in [1.165, 1.54) is 19.3 Å². The Morgan fingerprint density at radius 2 is 1.76 bits per heavy atom. The summed E-state index contributed by atoms with van der Waals surface area (Å²) in [7, 11) is 1.68. The van der Waals surface area contributed by atoms with E-state index in [0.717, 1.165) is 46.5 Å². The van der Waals surface area contributed by atoms with E-state index in [1.807, 2.05) is 28.9 Å². The van der Waals surface area contributed by atoms with E-state index in [0.29, 0.717) is 23.7 Å². The van der Waals surface area contributed by atoms with Crippen LogP contribution in [0, 0.1) is 0 Å². The molecule has 2 aromatic carbocycles. The molecule has 6 nitrogen and oxygen atoms in total. The van der Waals surface area contributed by atoms with Crippen molar-refractivity contribution < 1.29 is 14.3 Å². The van der Waals surface area contributed by atoms with E-state index in [4.69, 9.17) is 9.47 Å². The Morgan fingerprint density at radius 1 is 1.00 bits per heavy atom. The SMILES string of the molecule is CCOC(=O)c1cnn2c(C3CCCCC3)c(-c3ccc(-c4cccc(OC)c4)cc3)cnc12. The van der Waals surface area contributed by atoms with Gasteiger partial charge in [0.05, 0.1) is 25.6 Å². The van der Waals surface area contributed by atoms with Crippen LogP contribution in [0.15, 0.2) is 60.9 Å². The predicted molar refractivity (Wildman–Crippen MR) is 132 cm³/mol. The van der Waals surface area contributed by atoms with Gasteiger partial charge >= 0.3 is 5.97 Å². The minimum absolute atomic E-state index is 0.323. The summed E-state index contributed by atoms with van der Waals surface area (Å²) in [6, 6.07) is 16.6. The van der Waals surface area contributed by atoms with Gasteiger partial charge in [-0.1, -0.05) is 55.7 Å². The number of ether oxygens (including phenoxy) is 2. The lowest BCUT2D eigenvalue weighted by atomic mass is 9.84. The van der Waals surface area contributed by atoms with Gasteiger partial charge in [-0.05, 0) is 48.6 Å². The van der Waals surface area contributed by atoms with Crippen molar-refractivity contribution in [3.63, 3.8) is 0 Å². The van der Waals surface area contributed by atoms with E-state index >= 15 is 0 Å². The molecule has 0 atom stereocenters. The zero-order valence-corrected chi connectivity index (χ0v) is 19.7. The van der Waals surface area contributed by atoms with Crippen LogP contribution in [-0.4, -0.2) is 34.3 Å². The second kappa shape index (κ2) is 9.67. The summed E-state index contributed by atoms with van der Waals surface area (Å²) in [5.41, 5.74) is 6.51. The molecule has 0 bridgehead atoms. The highest BCUT2D eigenvalue weighted by molar-refractivity contribution is 5.95. The lowest BCUT2D eigenvalue weighted by Gasteiger charge is -2.25. The Balaban J connectivity index is 1.59. The molecule has 1 aliphatic rings. The molecule has 1 aliphatic carbocycles. The number of esters is 1. The molecule has 4 aromatic rings. The lowest BCUT2D eigenvalue weighted by Crippen LogP contribution is -2.13. The number of hydrogen-bond acceptors (Lipinski definition) is 5. The van der Waals surface area contributed by atoms with Gasteiger partial charge in [0.25, 0.3) is 0 Å². The van der Waals surface area contributed by atoms with Crippen LogP contribution < -0.4 is 4.74 Å². The predicted octanol–water partition coefficient (Wildman–Crippen LogP) is 6.30.